The second kappa shape index (κ2) is 7.43. The number of carbonyl (C=O) groups is 1. The third-order valence-corrected chi connectivity index (χ3v) is 3.95. The Kier molecular flexibility index (Phi) is 5.55. The van der Waals surface area contributed by atoms with E-state index < -0.39 is 5.41 Å². The number of nitrogens with zero attached hydrogens (tertiary/aromatic N) is 2. The molecule has 3 nitrogen and oxygen atoms in total. The van der Waals surface area contributed by atoms with Gasteiger partial charge in [-0.1, -0.05) is 70.2 Å². The van der Waals surface area contributed by atoms with Crippen molar-refractivity contribution >= 4 is 17.7 Å². The minimum Gasteiger partial charge on any atom is -0.314 e. The van der Waals surface area contributed by atoms with E-state index in [1.807, 2.05) is 51.1 Å². The smallest absolute Gasteiger partial charge is 0.232 e. The first kappa shape index (κ1) is 17.9. The first-order valence-corrected chi connectivity index (χ1v) is 8.26. The van der Waals surface area contributed by atoms with Crippen molar-refractivity contribution in [2.75, 3.05) is 11.9 Å². The average Bonchev–Trinajstić information content (AvgIpc) is 2.58. The number of amides is 1. The maximum atomic E-state index is 12.3. The van der Waals surface area contributed by atoms with Crippen molar-refractivity contribution in [1.29, 1.82) is 0 Å². The van der Waals surface area contributed by atoms with E-state index in [4.69, 9.17) is 0 Å². The van der Waals surface area contributed by atoms with Crippen LogP contribution in [0.3, 0.4) is 0 Å². The van der Waals surface area contributed by atoms with Gasteiger partial charge in [-0.3, -0.25) is 9.78 Å². The molecule has 0 N–H and O–H groups in total. The van der Waals surface area contributed by atoms with Crippen molar-refractivity contribution in [1.82, 2.24) is 4.98 Å². The topological polar surface area (TPSA) is 33.2 Å². The second-order valence-electron chi connectivity index (χ2n) is 7.11. The summed E-state index contributed by atoms with van der Waals surface area (Å²) in [5.41, 5.74) is 2.58. The fraction of sp³-hybridized carbons (Fsp3) is 0.333. The minimum absolute atomic E-state index is 0.0778. The highest BCUT2D eigenvalue weighted by molar-refractivity contribution is 5.96. The van der Waals surface area contributed by atoms with Crippen LogP contribution in [0.25, 0.3) is 6.08 Å². The van der Waals surface area contributed by atoms with Crippen LogP contribution in [-0.2, 0) is 4.79 Å². The van der Waals surface area contributed by atoms with Crippen LogP contribution in [0.4, 0.5) is 5.69 Å². The molecule has 2 rings (SSSR count). The molecule has 1 aromatic carbocycles. The molecule has 3 heteroatoms. The maximum absolute atomic E-state index is 12.3. The van der Waals surface area contributed by atoms with Gasteiger partial charge in [0.2, 0.25) is 5.91 Å². The third kappa shape index (κ3) is 4.54. The Morgan fingerprint density at radius 1 is 1.12 bits per heavy atom. The molecular weight excluding hydrogens is 296 g/mol. The summed E-state index contributed by atoms with van der Waals surface area (Å²) in [6, 6.07) is 14.2. The summed E-state index contributed by atoms with van der Waals surface area (Å²) in [7, 11) is 1.79. The molecule has 24 heavy (non-hydrogen) atoms. The van der Waals surface area contributed by atoms with Crippen molar-refractivity contribution in [2.24, 2.45) is 5.41 Å². The number of carbonyl (C=O) groups excluding carboxylic acids is 1. The normalized spacial score (nSPS) is 13.0. The lowest BCUT2D eigenvalue weighted by molar-refractivity contribution is -0.125. The number of anilines is 1. The second-order valence-corrected chi connectivity index (χ2v) is 7.11. The van der Waals surface area contributed by atoms with Crippen molar-refractivity contribution in [3.05, 3.63) is 66.0 Å². The summed E-state index contributed by atoms with van der Waals surface area (Å²) in [5.74, 6) is 0.289. The fourth-order valence-corrected chi connectivity index (χ4v) is 2.40. The van der Waals surface area contributed by atoms with Crippen molar-refractivity contribution in [2.45, 2.75) is 33.6 Å². The van der Waals surface area contributed by atoms with Crippen molar-refractivity contribution < 1.29 is 4.79 Å². The lowest BCUT2D eigenvalue weighted by atomic mass is 9.95. The highest BCUT2D eigenvalue weighted by Crippen LogP contribution is 2.23. The average molecular weight is 322 g/mol. The molecule has 1 atom stereocenters. The van der Waals surface area contributed by atoms with Gasteiger partial charge in [0.1, 0.15) is 0 Å². The zero-order valence-corrected chi connectivity index (χ0v) is 15.2. The lowest BCUT2D eigenvalue weighted by Crippen LogP contribution is -2.36. The zero-order chi connectivity index (χ0) is 17.7. The van der Waals surface area contributed by atoms with E-state index in [-0.39, 0.29) is 11.8 Å². The lowest BCUT2D eigenvalue weighted by Gasteiger charge is -2.26. The predicted octanol–water partition coefficient (Wildman–Crippen LogP) is 4.91. The van der Waals surface area contributed by atoms with Gasteiger partial charge >= 0.3 is 0 Å². The molecule has 0 fully saturated rings. The summed E-state index contributed by atoms with van der Waals surface area (Å²) in [5, 5.41) is 0. The van der Waals surface area contributed by atoms with Crippen LogP contribution in [0.1, 0.15) is 44.9 Å². The standard InChI is InChI=1S/C21H26N2O/c1-16(11-12-17-9-7-6-8-10-17)19-14-13-18(15-22-19)23(5)20(24)21(2,3)4/h6-16H,1-5H3/b12-11+/t16-/m1/s1. The highest BCUT2D eigenvalue weighted by atomic mass is 16.2. The van der Waals surface area contributed by atoms with Crippen LogP contribution in [0.15, 0.2) is 54.7 Å². The van der Waals surface area contributed by atoms with E-state index in [0.29, 0.717) is 0 Å². The van der Waals surface area contributed by atoms with Crippen LogP contribution < -0.4 is 4.90 Å². The van der Waals surface area contributed by atoms with E-state index in [1.54, 1.807) is 18.1 Å². The number of pyridine rings is 1. The summed E-state index contributed by atoms with van der Waals surface area (Å²) in [6.45, 7) is 7.88. The molecule has 0 saturated heterocycles. The molecule has 0 saturated carbocycles. The largest absolute Gasteiger partial charge is 0.314 e. The van der Waals surface area contributed by atoms with E-state index in [2.05, 4.69) is 36.2 Å². The Morgan fingerprint density at radius 2 is 1.79 bits per heavy atom. The molecule has 2 aromatic rings. The SMILES string of the molecule is C[C@H](/C=C/c1ccccc1)c1ccc(N(C)C(=O)C(C)(C)C)cn1. The van der Waals surface area contributed by atoms with Gasteiger partial charge in [0, 0.05) is 24.1 Å². The molecule has 0 aliphatic carbocycles. The van der Waals surface area contributed by atoms with E-state index >= 15 is 0 Å². The molecule has 0 aliphatic rings. The molecule has 1 aromatic heterocycles. The van der Waals surface area contributed by atoms with Crippen LogP contribution in [0.2, 0.25) is 0 Å². The fourth-order valence-electron chi connectivity index (χ4n) is 2.40. The van der Waals surface area contributed by atoms with Gasteiger partial charge in [-0.05, 0) is 17.7 Å². The zero-order valence-electron chi connectivity index (χ0n) is 15.2. The van der Waals surface area contributed by atoms with E-state index in [9.17, 15) is 4.79 Å². The Hall–Kier alpha value is -2.42. The molecule has 0 aliphatic heterocycles. The van der Waals surface area contributed by atoms with E-state index in [0.717, 1.165) is 11.4 Å². The summed E-state index contributed by atoms with van der Waals surface area (Å²) < 4.78 is 0. The van der Waals surface area contributed by atoms with Gasteiger partial charge < -0.3 is 4.90 Å². The quantitative estimate of drug-likeness (QED) is 0.801. The number of hydrogen-bond acceptors (Lipinski definition) is 2. The van der Waals surface area contributed by atoms with Crippen LogP contribution in [0, 0.1) is 5.41 Å². The monoisotopic (exact) mass is 322 g/mol. The van der Waals surface area contributed by atoms with Gasteiger partial charge in [0.25, 0.3) is 0 Å². The van der Waals surface area contributed by atoms with Crippen LogP contribution >= 0.6 is 0 Å². The number of hydrogen-bond donors (Lipinski definition) is 0. The molecule has 126 valence electrons. The molecule has 0 radical (unpaired) electrons. The third-order valence-electron chi connectivity index (χ3n) is 3.95. The molecular formula is C21H26N2O. The Labute approximate surface area is 145 Å². The van der Waals surface area contributed by atoms with Gasteiger partial charge in [-0.15, -0.1) is 0 Å². The molecule has 0 bridgehead atoms. The summed E-state index contributed by atoms with van der Waals surface area (Å²) in [4.78, 5) is 18.5. The molecule has 1 heterocycles. The number of aromatic nitrogens is 1. The van der Waals surface area contributed by atoms with Crippen molar-refractivity contribution in [3.63, 3.8) is 0 Å². The molecule has 0 unspecified atom stereocenters. The first-order valence-electron chi connectivity index (χ1n) is 8.26. The number of benzene rings is 1. The van der Waals surface area contributed by atoms with Gasteiger partial charge in [-0.2, -0.15) is 0 Å². The number of rotatable bonds is 4. The first-order chi connectivity index (χ1) is 11.3. The maximum Gasteiger partial charge on any atom is 0.232 e. The molecule has 0 spiro atoms. The summed E-state index contributed by atoms with van der Waals surface area (Å²) in [6.07, 6.45) is 6.02. The molecule has 1 amide bonds. The Balaban J connectivity index is 2.09. The minimum atomic E-state index is -0.404. The van der Waals surface area contributed by atoms with Gasteiger partial charge in [-0.25, -0.2) is 0 Å². The predicted molar refractivity (Wildman–Crippen MR) is 101 cm³/mol. The van der Waals surface area contributed by atoms with E-state index in [1.165, 1.54) is 5.56 Å². The van der Waals surface area contributed by atoms with Crippen molar-refractivity contribution in [3.8, 4) is 0 Å². The van der Waals surface area contributed by atoms with Crippen LogP contribution in [0.5, 0.6) is 0 Å². The summed E-state index contributed by atoms with van der Waals surface area (Å²) >= 11 is 0. The van der Waals surface area contributed by atoms with Gasteiger partial charge in [0.15, 0.2) is 0 Å². The number of allylic oxidation sites excluding steroid dienone is 1. The van der Waals surface area contributed by atoms with Crippen LogP contribution in [-0.4, -0.2) is 17.9 Å². The Morgan fingerprint density at radius 3 is 2.33 bits per heavy atom. The highest BCUT2D eigenvalue weighted by Gasteiger charge is 2.25. The Bertz CT molecular complexity index is 697. The van der Waals surface area contributed by atoms with Gasteiger partial charge in [0.05, 0.1) is 11.9 Å².